The van der Waals surface area contributed by atoms with E-state index in [0.29, 0.717) is 5.82 Å². The fourth-order valence-electron chi connectivity index (χ4n) is 1.63. The molecule has 0 radical (unpaired) electrons. The maximum atomic E-state index is 12.0. The van der Waals surface area contributed by atoms with E-state index in [2.05, 4.69) is 26.2 Å². The molecule has 1 atom stereocenters. The smallest absolute Gasteiger partial charge is 0.247 e. The molecular formula is C14H14BrN3O. The van der Waals surface area contributed by atoms with Gasteiger partial charge in [-0.05, 0) is 40.5 Å². The number of amides is 1. The lowest BCUT2D eigenvalue weighted by Gasteiger charge is -2.12. The van der Waals surface area contributed by atoms with Gasteiger partial charge in [0.1, 0.15) is 11.9 Å². The fourth-order valence-corrected chi connectivity index (χ4v) is 1.85. The second-order valence-electron chi connectivity index (χ2n) is 4.14. The number of anilines is 1. The Labute approximate surface area is 120 Å². The molecule has 1 aromatic carbocycles. The largest absolute Gasteiger partial charge is 0.316 e. The van der Waals surface area contributed by atoms with Gasteiger partial charge in [-0.3, -0.25) is 4.79 Å². The van der Waals surface area contributed by atoms with Crippen molar-refractivity contribution in [3.63, 3.8) is 0 Å². The molecule has 1 heterocycles. The number of nitrogens with zero attached hydrogens (tertiary/aromatic N) is 1. The number of aryl methyl sites for hydroxylation is 1. The molecule has 0 aliphatic carbocycles. The number of pyridine rings is 1. The molecule has 1 amide bonds. The number of rotatable bonds is 3. The van der Waals surface area contributed by atoms with E-state index in [1.165, 1.54) is 0 Å². The summed E-state index contributed by atoms with van der Waals surface area (Å²) in [5, 5.41) is 2.71. The molecule has 0 saturated heterocycles. The van der Waals surface area contributed by atoms with E-state index in [-0.39, 0.29) is 5.91 Å². The van der Waals surface area contributed by atoms with Crippen LogP contribution in [0.3, 0.4) is 0 Å². The Balaban J connectivity index is 2.10. The molecule has 0 aliphatic heterocycles. The van der Waals surface area contributed by atoms with Crippen LogP contribution < -0.4 is 11.1 Å². The van der Waals surface area contributed by atoms with Gasteiger partial charge in [-0.25, -0.2) is 4.98 Å². The first-order valence-corrected chi connectivity index (χ1v) is 6.62. The molecule has 98 valence electrons. The second-order valence-corrected chi connectivity index (χ2v) is 5.00. The number of carbonyl (C=O) groups is 1. The summed E-state index contributed by atoms with van der Waals surface area (Å²) in [7, 11) is 0. The van der Waals surface area contributed by atoms with Crippen molar-refractivity contribution < 1.29 is 4.79 Å². The van der Waals surface area contributed by atoms with Crippen molar-refractivity contribution in [1.29, 1.82) is 0 Å². The van der Waals surface area contributed by atoms with Gasteiger partial charge in [0.25, 0.3) is 0 Å². The number of benzene rings is 1. The van der Waals surface area contributed by atoms with Gasteiger partial charge in [0, 0.05) is 4.47 Å². The van der Waals surface area contributed by atoms with Crippen molar-refractivity contribution in [2.75, 3.05) is 5.32 Å². The first-order valence-electron chi connectivity index (χ1n) is 5.82. The van der Waals surface area contributed by atoms with Crippen molar-refractivity contribution >= 4 is 27.7 Å². The lowest BCUT2D eigenvalue weighted by atomic mass is 10.1. The number of nitrogens with two attached hydrogens (primary N) is 1. The first kappa shape index (κ1) is 13.7. The summed E-state index contributed by atoms with van der Waals surface area (Å²) in [6, 6.07) is 12.1. The van der Waals surface area contributed by atoms with Gasteiger partial charge in [0.05, 0.1) is 5.69 Å². The van der Waals surface area contributed by atoms with Crippen molar-refractivity contribution in [2.45, 2.75) is 13.0 Å². The monoisotopic (exact) mass is 319 g/mol. The van der Waals surface area contributed by atoms with E-state index >= 15 is 0 Å². The van der Waals surface area contributed by atoms with Gasteiger partial charge >= 0.3 is 0 Å². The number of aromatic nitrogens is 1. The van der Waals surface area contributed by atoms with E-state index in [1.54, 1.807) is 6.07 Å². The molecule has 1 aromatic heterocycles. The van der Waals surface area contributed by atoms with Gasteiger partial charge in [-0.1, -0.05) is 30.3 Å². The van der Waals surface area contributed by atoms with Gasteiger partial charge < -0.3 is 11.1 Å². The summed E-state index contributed by atoms with van der Waals surface area (Å²) in [5.74, 6) is 0.220. The molecule has 0 fully saturated rings. The average Bonchev–Trinajstić information content (AvgIpc) is 2.43. The Hall–Kier alpha value is -1.72. The number of carbonyl (C=O) groups excluding carboxylic acids is 1. The SMILES string of the molecule is Cc1nc(NC(=O)[C@H](N)c2ccccc2)ccc1Br. The molecule has 0 bridgehead atoms. The summed E-state index contributed by atoms with van der Waals surface area (Å²) in [6.45, 7) is 1.86. The Morgan fingerprint density at radius 3 is 2.58 bits per heavy atom. The molecule has 0 spiro atoms. The van der Waals surface area contributed by atoms with E-state index in [9.17, 15) is 4.79 Å². The van der Waals surface area contributed by atoms with Crippen molar-refractivity contribution in [2.24, 2.45) is 5.73 Å². The van der Waals surface area contributed by atoms with Crippen LogP contribution in [-0.2, 0) is 4.79 Å². The van der Waals surface area contributed by atoms with Crippen LogP contribution in [0.4, 0.5) is 5.82 Å². The van der Waals surface area contributed by atoms with Crippen LogP contribution in [0.2, 0.25) is 0 Å². The highest BCUT2D eigenvalue weighted by atomic mass is 79.9. The van der Waals surface area contributed by atoms with Crippen LogP contribution in [0.5, 0.6) is 0 Å². The third kappa shape index (κ3) is 3.39. The third-order valence-corrected chi connectivity index (χ3v) is 3.55. The number of hydrogen-bond donors (Lipinski definition) is 2. The van der Waals surface area contributed by atoms with Crippen molar-refractivity contribution in [1.82, 2.24) is 4.98 Å². The highest BCUT2D eigenvalue weighted by molar-refractivity contribution is 9.10. The number of halogens is 1. The van der Waals surface area contributed by atoms with Gasteiger partial charge in [0.15, 0.2) is 0 Å². The molecule has 0 saturated carbocycles. The molecule has 5 heteroatoms. The third-order valence-electron chi connectivity index (χ3n) is 2.71. The minimum Gasteiger partial charge on any atom is -0.316 e. The molecule has 0 unspecified atom stereocenters. The molecule has 2 rings (SSSR count). The molecule has 2 aromatic rings. The molecule has 19 heavy (non-hydrogen) atoms. The highest BCUT2D eigenvalue weighted by Crippen LogP contribution is 2.17. The summed E-state index contributed by atoms with van der Waals surface area (Å²) in [6.07, 6.45) is 0. The van der Waals surface area contributed by atoms with Crippen molar-refractivity contribution in [3.8, 4) is 0 Å². The van der Waals surface area contributed by atoms with Crippen LogP contribution >= 0.6 is 15.9 Å². The second kappa shape index (κ2) is 5.95. The van der Waals surface area contributed by atoms with E-state index in [0.717, 1.165) is 15.7 Å². The van der Waals surface area contributed by atoms with Crippen LogP contribution in [0.25, 0.3) is 0 Å². The summed E-state index contributed by atoms with van der Waals surface area (Å²) in [5.41, 5.74) is 7.49. The molecule has 4 nitrogen and oxygen atoms in total. The predicted octanol–water partition coefficient (Wildman–Crippen LogP) is 2.79. The summed E-state index contributed by atoms with van der Waals surface area (Å²) in [4.78, 5) is 16.3. The zero-order chi connectivity index (χ0) is 13.8. The zero-order valence-electron chi connectivity index (χ0n) is 10.4. The topological polar surface area (TPSA) is 68.0 Å². The normalized spacial score (nSPS) is 11.9. The summed E-state index contributed by atoms with van der Waals surface area (Å²) >= 11 is 3.36. The minimum atomic E-state index is -0.702. The lowest BCUT2D eigenvalue weighted by Crippen LogP contribution is -2.28. The fraction of sp³-hybridized carbons (Fsp3) is 0.143. The lowest BCUT2D eigenvalue weighted by molar-refractivity contribution is -0.117. The van der Waals surface area contributed by atoms with Crippen LogP contribution in [-0.4, -0.2) is 10.9 Å². The molecule has 0 aliphatic rings. The zero-order valence-corrected chi connectivity index (χ0v) is 12.0. The van der Waals surface area contributed by atoms with E-state index < -0.39 is 6.04 Å². The summed E-state index contributed by atoms with van der Waals surface area (Å²) < 4.78 is 0.901. The van der Waals surface area contributed by atoms with Crippen LogP contribution in [0.1, 0.15) is 17.3 Å². The Morgan fingerprint density at radius 2 is 1.95 bits per heavy atom. The Bertz CT molecular complexity index is 586. The maximum absolute atomic E-state index is 12.0. The predicted molar refractivity (Wildman–Crippen MR) is 78.7 cm³/mol. The maximum Gasteiger partial charge on any atom is 0.247 e. The molecular weight excluding hydrogens is 306 g/mol. The standard InChI is InChI=1S/C14H14BrN3O/c1-9-11(15)7-8-12(17-9)18-14(19)13(16)10-5-3-2-4-6-10/h2-8,13H,16H2,1H3,(H,17,18,19)/t13-/m1/s1. The van der Waals surface area contributed by atoms with E-state index in [1.807, 2.05) is 43.3 Å². The minimum absolute atomic E-state index is 0.277. The quantitative estimate of drug-likeness (QED) is 0.914. The number of hydrogen-bond acceptors (Lipinski definition) is 3. The Kier molecular flexibility index (Phi) is 4.29. The van der Waals surface area contributed by atoms with Gasteiger partial charge in [-0.15, -0.1) is 0 Å². The first-order chi connectivity index (χ1) is 9.08. The highest BCUT2D eigenvalue weighted by Gasteiger charge is 2.16. The van der Waals surface area contributed by atoms with Gasteiger partial charge in [0.2, 0.25) is 5.91 Å². The van der Waals surface area contributed by atoms with Crippen LogP contribution in [0, 0.1) is 6.92 Å². The average molecular weight is 320 g/mol. The molecule has 3 N–H and O–H groups in total. The van der Waals surface area contributed by atoms with Gasteiger partial charge in [-0.2, -0.15) is 0 Å². The number of nitrogens with one attached hydrogen (secondary N) is 1. The van der Waals surface area contributed by atoms with Crippen molar-refractivity contribution in [3.05, 3.63) is 58.2 Å². The van der Waals surface area contributed by atoms with Crippen LogP contribution in [0.15, 0.2) is 46.9 Å². The van der Waals surface area contributed by atoms with E-state index in [4.69, 9.17) is 5.73 Å². The Morgan fingerprint density at radius 1 is 1.26 bits per heavy atom.